The van der Waals surface area contributed by atoms with Crippen LogP contribution in [0, 0.1) is 5.41 Å². The number of rotatable bonds is 4. The molecule has 0 unspecified atom stereocenters. The summed E-state index contributed by atoms with van der Waals surface area (Å²) in [5.74, 6) is -1.52. The van der Waals surface area contributed by atoms with E-state index in [0.717, 1.165) is 6.08 Å². The summed E-state index contributed by atoms with van der Waals surface area (Å²) >= 11 is 0. The highest BCUT2D eigenvalue weighted by Crippen LogP contribution is 2.20. The second-order valence-corrected chi connectivity index (χ2v) is 1.93. The van der Waals surface area contributed by atoms with Crippen molar-refractivity contribution < 1.29 is 18.7 Å². The van der Waals surface area contributed by atoms with Gasteiger partial charge >= 0.3 is 5.97 Å². The van der Waals surface area contributed by atoms with Gasteiger partial charge in [0.15, 0.2) is 0 Å². The summed E-state index contributed by atoms with van der Waals surface area (Å²) in [6.07, 6.45) is 0.773. The first kappa shape index (κ1) is 9.07. The van der Waals surface area contributed by atoms with Crippen LogP contribution in [0.5, 0.6) is 0 Å². The number of hydrogen-bond donors (Lipinski definition) is 1. The Morgan fingerprint density at radius 1 is 1.60 bits per heavy atom. The lowest BCUT2D eigenvalue weighted by Crippen LogP contribution is -2.33. The molecular weight excluding hydrogens is 142 g/mol. The largest absolute Gasteiger partial charge is 0.480 e. The highest BCUT2D eigenvalue weighted by molar-refractivity contribution is 5.77. The van der Waals surface area contributed by atoms with Gasteiger partial charge in [0.25, 0.3) is 0 Å². The molecule has 0 bridgehead atoms. The van der Waals surface area contributed by atoms with E-state index in [1.807, 2.05) is 0 Å². The SMILES string of the molecule is C=CC(CF)(CF)C(=O)O. The van der Waals surface area contributed by atoms with Crippen molar-refractivity contribution in [3.63, 3.8) is 0 Å². The maximum Gasteiger partial charge on any atom is 0.318 e. The second kappa shape index (κ2) is 3.29. The molecular formula is C6H8F2O2. The van der Waals surface area contributed by atoms with Crippen LogP contribution in [0.4, 0.5) is 8.78 Å². The summed E-state index contributed by atoms with van der Waals surface area (Å²) in [7, 11) is 0. The Morgan fingerprint density at radius 3 is 2.00 bits per heavy atom. The molecule has 1 N–H and O–H groups in total. The van der Waals surface area contributed by atoms with Crippen molar-refractivity contribution in [3.8, 4) is 0 Å². The van der Waals surface area contributed by atoms with E-state index in [-0.39, 0.29) is 0 Å². The number of halogens is 2. The summed E-state index contributed by atoms with van der Waals surface area (Å²) in [5.41, 5.74) is -2.03. The molecule has 0 spiro atoms. The van der Waals surface area contributed by atoms with Crippen molar-refractivity contribution in [1.82, 2.24) is 0 Å². The summed E-state index contributed by atoms with van der Waals surface area (Å²) in [6.45, 7) is 0.512. The molecule has 4 heteroatoms. The van der Waals surface area contributed by atoms with Gasteiger partial charge in [-0.15, -0.1) is 6.58 Å². The van der Waals surface area contributed by atoms with Gasteiger partial charge in [0, 0.05) is 0 Å². The number of carbonyl (C=O) groups is 1. The van der Waals surface area contributed by atoms with Crippen LogP contribution >= 0.6 is 0 Å². The van der Waals surface area contributed by atoms with Crippen LogP contribution in [0.3, 0.4) is 0 Å². The third kappa shape index (κ3) is 1.32. The molecule has 10 heavy (non-hydrogen) atoms. The smallest absolute Gasteiger partial charge is 0.318 e. The maximum atomic E-state index is 11.9. The quantitative estimate of drug-likeness (QED) is 0.611. The molecule has 2 nitrogen and oxygen atoms in total. The van der Waals surface area contributed by atoms with Crippen LogP contribution in [0.25, 0.3) is 0 Å². The minimum absolute atomic E-state index is 0.773. The lowest BCUT2D eigenvalue weighted by atomic mass is 9.92. The fraction of sp³-hybridized carbons (Fsp3) is 0.500. The predicted molar refractivity (Wildman–Crippen MR) is 32.2 cm³/mol. The molecule has 0 aliphatic rings. The minimum Gasteiger partial charge on any atom is -0.480 e. The summed E-state index contributed by atoms with van der Waals surface area (Å²) in [6, 6.07) is 0. The first-order chi connectivity index (χ1) is 4.63. The molecule has 0 rings (SSSR count). The fourth-order valence-electron chi connectivity index (χ4n) is 0.346. The number of carboxylic acid groups (broad SMARTS) is 1. The van der Waals surface area contributed by atoms with E-state index in [2.05, 4.69) is 6.58 Å². The van der Waals surface area contributed by atoms with Crippen LogP contribution in [0.15, 0.2) is 12.7 Å². The number of aliphatic carboxylic acids is 1. The lowest BCUT2D eigenvalue weighted by Gasteiger charge is -2.16. The first-order valence-electron chi connectivity index (χ1n) is 2.62. The van der Waals surface area contributed by atoms with Crippen molar-refractivity contribution in [2.75, 3.05) is 13.3 Å². The Bertz CT molecular complexity index is 141. The van der Waals surface area contributed by atoms with Crippen molar-refractivity contribution in [3.05, 3.63) is 12.7 Å². The van der Waals surface area contributed by atoms with Gasteiger partial charge in [-0.3, -0.25) is 4.79 Å². The maximum absolute atomic E-state index is 11.9. The molecule has 0 fully saturated rings. The van der Waals surface area contributed by atoms with E-state index in [1.54, 1.807) is 0 Å². The summed E-state index contributed by atoms with van der Waals surface area (Å²) < 4.78 is 23.7. The standard InChI is InChI=1S/C6H8F2O2/c1-2-6(3-7,4-8)5(9)10/h2H,1,3-4H2,(H,9,10). The highest BCUT2D eigenvalue weighted by atomic mass is 19.1. The van der Waals surface area contributed by atoms with E-state index in [9.17, 15) is 13.6 Å². The van der Waals surface area contributed by atoms with Crippen molar-refractivity contribution >= 4 is 5.97 Å². The first-order valence-corrected chi connectivity index (χ1v) is 2.62. The molecule has 0 heterocycles. The molecule has 0 aliphatic heterocycles. The zero-order valence-corrected chi connectivity index (χ0v) is 5.31. The Hall–Kier alpha value is -0.930. The van der Waals surface area contributed by atoms with Gasteiger partial charge in [-0.25, -0.2) is 8.78 Å². The number of carboxylic acids is 1. The zero-order chi connectivity index (χ0) is 8.20. The molecule has 0 atom stereocenters. The average molecular weight is 150 g/mol. The molecule has 58 valence electrons. The summed E-state index contributed by atoms with van der Waals surface area (Å²) in [5, 5.41) is 8.27. The zero-order valence-electron chi connectivity index (χ0n) is 5.31. The van der Waals surface area contributed by atoms with Crippen LogP contribution < -0.4 is 0 Å². The van der Waals surface area contributed by atoms with E-state index in [4.69, 9.17) is 5.11 Å². The molecule has 0 saturated heterocycles. The monoisotopic (exact) mass is 150 g/mol. The van der Waals surface area contributed by atoms with Crippen molar-refractivity contribution in [2.45, 2.75) is 0 Å². The fourth-order valence-corrected chi connectivity index (χ4v) is 0.346. The highest BCUT2D eigenvalue weighted by Gasteiger charge is 2.35. The lowest BCUT2D eigenvalue weighted by molar-refractivity contribution is -0.147. The van der Waals surface area contributed by atoms with Gasteiger partial charge in [-0.2, -0.15) is 0 Å². The predicted octanol–water partition coefficient (Wildman–Crippen LogP) is 1.18. The van der Waals surface area contributed by atoms with Crippen molar-refractivity contribution in [2.24, 2.45) is 5.41 Å². The van der Waals surface area contributed by atoms with Crippen molar-refractivity contribution in [1.29, 1.82) is 0 Å². The van der Waals surface area contributed by atoms with Gasteiger partial charge < -0.3 is 5.11 Å². The molecule has 0 aromatic carbocycles. The molecule has 0 amide bonds. The van der Waals surface area contributed by atoms with Gasteiger partial charge in [-0.1, -0.05) is 6.08 Å². The van der Waals surface area contributed by atoms with Gasteiger partial charge in [0.1, 0.15) is 18.8 Å². The van der Waals surface area contributed by atoms with Gasteiger partial charge in [0.2, 0.25) is 0 Å². The molecule has 0 aromatic heterocycles. The van der Waals surface area contributed by atoms with Gasteiger partial charge in [-0.05, 0) is 0 Å². The molecule has 0 radical (unpaired) electrons. The van der Waals surface area contributed by atoms with Crippen LogP contribution in [0.1, 0.15) is 0 Å². The molecule has 0 aromatic rings. The Balaban J connectivity index is 4.46. The Labute approximate surface area is 57.2 Å². The topological polar surface area (TPSA) is 37.3 Å². The third-order valence-electron chi connectivity index (χ3n) is 1.29. The van der Waals surface area contributed by atoms with E-state index >= 15 is 0 Å². The average Bonchev–Trinajstić information content (AvgIpc) is 1.92. The third-order valence-corrected chi connectivity index (χ3v) is 1.29. The number of alkyl halides is 2. The normalized spacial score (nSPS) is 11.0. The van der Waals surface area contributed by atoms with Crippen LogP contribution in [0.2, 0.25) is 0 Å². The Morgan fingerprint density at radius 2 is 2.00 bits per heavy atom. The molecule has 0 aliphatic carbocycles. The minimum atomic E-state index is -2.03. The Kier molecular flexibility index (Phi) is 2.99. The van der Waals surface area contributed by atoms with E-state index < -0.39 is 24.7 Å². The van der Waals surface area contributed by atoms with Gasteiger partial charge in [0.05, 0.1) is 0 Å². The van der Waals surface area contributed by atoms with E-state index in [0.29, 0.717) is 0 Å². The summed E-state index contributed by atoms with van der Waals surface area (Å²) in [4.78, 5) is 10.2. The van der Waals surface area contributed by atoms with Crippen LogP contribution in [-0.2, 0) is 4.79 Å². The number of hydrogen-bond acceptors (Lipinski definition) is 1. The van der Waals surface area contributed by atoms with E-state index in [1.165, 1.54) is 0 Å². The molecule has 0 saturated carbocycles. The second-order valence-electron chi connectivity index (χ2n) is 1.93. The van der Waals surface area contributed by atoms with Crippen LogP contribution in [-0.4, -0.2) is 24.4 Å².